The molecule has 1 aromatic heterocycles. The van der Waals surface area contributed by atoms with Crippen LogP contribution in [0.1, 0.15) is 0 Å². The Morgan fingerprint density at radius 3 is 1.74 bits per heavy atom. The molecule has 0 unspecified atom stereocenters. The van der Waals surface area contributed by atoms with Crippen LogP contribution in [0, 0.1) is 0 Å². The van der Waals surface area contributed by atoms with Gasteiger partial charge in [0.25, 0.3) is 0 Å². The Morgan fingerprint density at radius 1 is 0.333 bits per heavy atom. The summed E-state index contributed by atoms with van der Waals surface area (Å²) in [5.74, 6) is 0. The Kier molecular flexibility index (Phi) is 6.05. The third kappa shape index (κ3) is 4.43. The molecule has 0 saturated carbocycles. The average molecular weight is 554 g/mol. The summed E-state index contributed by atoms with van der Waals surface area (Å²) < 4.78 is 2.63. The maximum Gasteiger partial charge on any atom is 0.0468 e. The highest BCUT2D eigenvalue weighted by atomic mass is 32.1. The van der Waals surface area contributed by atoms with Gasteiger partial charge in [0, 0.05) is 37.2 Å². The van der Waals surface area contributed by atoms with Gasteiger partial charge in [-0.25, -0.2) is 0 Å². The zero-order valence-corrected chi connectivity index (χ0v) is 23.8. The van der Waals surface area contributed by atoms with Crippen molar-refractivity contribution in [1.82, 2.24) is 0 Å². The van der Waals surface area contributed by atoms with Crippen molar-refractivity contribution in [1.29, 1.82) is 0 Å². The van der Waals surface area contributed by atoms with E-state index in [-0.39, 0.29) is 0 Å². The highest BCUT2D eigenvalue weighted by molar-refractivity contribution is 7.25. The molecule has 0 bridgehead atoms. The van der Waals surface area contributed by atoms with Crippen LogP contribution in [-0.4, -0.2) is 0 Å². The van der Waals surface area contributed by atoms with Crippen molar-refractivity contribution in [2.45, 2.75) is 0 Å². The van der Waals surface area contributed by atoms with Crippen LogP contribution in [0.5, 0.6) is 0 Å². The summed E-state index contributed by atoms with van der Waals surface area (Å²) in [4.78, 5) is 2.39. The maximum absolute atomic E-state index is 2.39. The van der Waals surface area contributed by atoms with Gasteiger partial charge in [0.1, 0.15) is 0 Å². The minimum Gasteiger partial charge on any atom is -0.310 e. The number of anilines is 3. The Hall–Kier alpha value is -5.18. The van der Waals surface area contributed by atoms with Crippen LogP contribution in [0.3, 0.4) is 0 Å². The number of hydrogen-bond acceptors (Lipinski definition) is 2. The van der Waals surface area contributed by atoms with Gasteiger partial charge in [0.15, 0.2) is 0 Å². The molecule has 8 rings (SSSR count). The van der Waals surface area contributed by atoms with Crippen LogP contribution in [0.15, 0.2) is 164 Å². The second-order valence-corrected chi connectivity index (χ2v) is 11.7. The van der Waals surface area contributed by atoms with E-state index in [1.165, 1.54) is 53.2 Å². The number of hydrogen-bond donors (Lipinski definition) is 0. The minimum absolute atomic E-state index is 1.13. The van der Waals surface area contributed by atoms with E-state index in [0.29, 0.717) is 0 Å². The number of rotatable bonds is 5. The van der Waals surface area contributed by atoms with Gasteiger partial charge in [-0.1, -0.05) is 109 Å². The minimum atomic E-state index is 1.13. The van der Waals surface area contributed by atoms with Gasteiger partial charge in [-0.3, -0.25) is 0 Å². The molecule has 0 atom stereocenters. The lowest BCUT2D eigenvalue weighted by molar-refractivity contribution is 1.29. The van der Waals surface area contributed by atoms with E-state index in [4.69, 9.17) is 0 Å². The van der Waals surface area contributed by atoms with E-state index in [1.54, 1.807) is 0 Å². The van der Waals surface area contributed by atoms with Crippen LogP contribution in [-0.2, 0) is 0 Å². The summed E-state index contributed by atoms with van der Waals surface area (Å²) in [6, 6.07) is 59.3. The second kappa shape index (κ2) is 10.3. The molecule has 7 aromatic carbocycles. The molecule has 0 spiro atoms. The van der Waals surface area contributed by atoms with Crippen molar-refractivity contribution in [3.05, 3.63) is 164 Å². The topological polar surface area (TPSA) is 3.24 Å². The van der Waals surface area contributed by atoms with E-state index in [0.717, 1.165) is 17.1 Å². The predicted octanol–water partition coefficient (Wildman–Crippen LogP) is 12.0. The predicted molar refractivity (Wildman–Crippen MR) is 182 cm³/mol. The van der Waals surface area contributed by atoms with Crippen molar-refractivity contribution in [3.8, 4) is 22.3 Å². The summed E-state index contributed by atoms with van der Waals surface area (Å²) in [7, 11) is 0. The van der Waals surface area contributed by atoms with E-state index in [2.05, 4.69) is 169 Å². The fourth-order valence-electron chi connectivity index (χ4n) is 5.95. The van der Waals surface area contributed by atoms with Gasteiger partial charge >= 0.3 is 0 Å². The van der Waals surface area contributed by atoms with Gasteiger partial charge in [-0.2, -0.15) is 0 Å². The molecule has 0 aliphatic rings. The molecular formula is C40H27NS. The first-order valence-electron chi connectivity index (χ1n) is 14.3. The lowest BCUT2D eigenvalue weighted by Crippen LogP contribution is -2.10. The SMILES string of the molecule is c1ccc(-c2cccc(N(c3cccc(-c4ccc5ccccc5c4)c3)c3ccc4sc5ccccc5c4c3)c2)cc1. The fraction of sp³-hybridized carbons (Fsp3) is 0. The molecule has 2 heteroatoms. The molecule has 0 N–H and O–H groups in total. The quantitative estimate of drug-likeness (QED) is 0.205. The Morgan fingerprint density at radius 2 is 0.929 bits per heavy atom. The molecule has 1 nitrogen and oxygen atoms in total. The molecule has 42 heavy (non-hydrogen) atoms. The largest absolute Gasteiger partial charge is 0.310 e. The van der Waals surface area contributed by atoms with Crippen molar-refractivity contribution in [3.63, 3.8) is 0 Å². The first-order valence-corrected chi connectivity index (χ1v) is 15.1. The molecule has 0 amide bonds. The normalized spacial score (nSPS) is 11.3. The first-order chi connectivity index (χ1) is 20.8. The summed E-state index contributed by atoms with van der Waals surface area (Å²) in [6.07, 6.45) is 0. The standard InChI is InChI=1S/C40H27NS/c1-2-10-28(11-3-1)31-14-8-16-34(25-31)41(36-22-23-40-38(27-36)37-18-6-7-19-39(37)42-40)35-17-9-15-32(26-35)33-21-20-29-12-4-5-13-30(29)24-33/h1-27H. The molecule has 198 valence electrons. The number of thiophene rings is 1. The lowest BCUT2D eigenvalue weighted by atomic mass is 10.00. The van der Waals surface area contributed by atoms with E-state index >= 15 is 0 Å². The van der Waals surface area contributed by atoms with Crippen LogP contribution in [0.2, 0.25) is 0 Å². The molecule has 0 radical (unpaired) electrons. The third-order valence-corrected chi connectivity index (χ3v) is 9.17. The van der Waals surface area contributed by atoms with Gasteiger partial charge in [0.2, 0.25) is 0 Å². The van der Waals surface area contributed by atoms with Gasteiger partial charge in [-0.15, -0.1) is 11.3 Å². The third-order valence-electron chi connectivity index (χ3n) is 8.02. The molecule has 0 fully saturated rings. The number of nitrogens with zero attached hydrogens (tertiary/aromatic N) is 1. The van der Waals surface area contributed by atoms with E-state index < -0.39 is 0 Å². The maximum atomic E-state index is 2.39. The Bertz CT molecular complexity index is 2210. The highest BCUT2D eigenvalue weighted by Crippen LogP contribution is 2.42. The lowest BCUT2D eigenvalue weighted by Gasteiger charge is -2.27. The second-order valence-electron chi connectivity index (χ2n) is 10.6. The summed E-state index contributed by atoms with van der Waals surface area (Å²) in [6.45, 7) is 0. The molecule has 1 heterocycles. The van der Waals surface area contributed by atoms with E-state index in [9.17, 15) is 0 Å². The highest BCUT2D eigenvalue weighted by Gasteiger charge is 2.16. The smallest absolute Gasteiger partial charge is 0.0468 e. The molecular weight excluding hydrogens is 527 g/mol. The molecule has 8 aromatic rings. The fourth-order valence-corrected chi connectivity index (χ4v) is 7.04. The monoisotopic (exact) mass is 553 g/mol. The van der Waals surface area contributed by atoms with Crippen molar-refractivity contribution in [2.24, 2.45) is 0 Å². The molecule has 0 aliphatic heterocycles. The molecule has 0 saturated heterocycles. The van der Waals surface area contributed by atoms with Gasteiger partial charge in [-0.05, 0) is 87.6 Å². The van der Waals surface area contributed by atoms with E-state index in [1.807, 2.05) is 11.3 Å². The summed E-state index contributed by atoms with van der Waals surface area (Å²) in [5, 5.41) is 5.11. The average Bonchev–Trinajstić information content (AvgIpc) is 3.43. The number of benzene rings is 7. The van der Waals surface area contributed by atoms with Crippen molar-refractivity contribution < 1.29 is 0 Å². The Labute approximate surface area is 249 Å². The summed E-state index contributed by atoms with van der Waals surface area (Å²) >= 11 is 1.86. The first kappa shape index (κ1) is 24.6. The van der Waals surface area contributed by atoms with Crippen LogP contribution < -0.4 is 4.90 Å². The zero-order chi connectivity index (χ0) is 27.9. The molecule has 0 aliphatic carbocycles. The van der Waals surface area contributed by atoms with Crippen LogP contribution >= 0.6 is 11.3 Å². The van der Waals surface area contributed by atoms with Crippen LogP contribution in [0.25, 0.3) is 53.2 Å². The van der Waals surface area contributed by atoms with Gasteiger partial charge < -0.3 is 4.90 Å². The van der Waals surface area contributed by atoms with Gasteiger partial charge in [0.05, 0.1) is 0 Å². The number of fused-ring (bicyclic) bond motifs is 4. The van der Waals surface area contributed by atoms with Crippen molar-refractivity contribution >= 4 is 59.3 Å². The van der Waals surface area contributed by atoms with Crippen molar-refractivity contribution in [2.75, 3.05) is 4.90 Å². The van der Waals surface area contributed by atoms with Crippen LogP contribution in [0.4, 0.5) is 17.1 Å². The zero-order valence-electron chi connectivity index (χ0n) is 22.9. The summed E-state index contributed by atoms with van der Waals surface area (Å²) in [5.41, 5.74) is 8.23. The Balaban J connectivity index is 1.31.